The number of rotatable bonds is 9. The van der Waals surface area contributed by atoms with Gasteiger partial charge in [0.15, 0.2) is 11.5 Å². The molecule has 8 heteroatoms. The Kier molecular flexibility index (Phi) is 5.93. The van der Waals surface area contributed by atoms with Crippen LogP contribution >= 0.6 is 0 Å². The number of hydrogen-bond acceptors (Lipinski definition) is 7. The molecule has 4 rings (SSSR count). The minimum absolute atomic E-state index is 0.305. The number of aryl methyl sites for hydroxylation is 1. The molecule has 8 nitrogen and oxygen atoms in total. The predicted molar refractivity (Wildman–Crippen MR) is 110 cm³/mol. The van der Waals surface area contributed by atoms with Crippen molar-refractivity contribution in [3.8, 4) is 17.2 Å². The summed E-state index contributed by atoms with van der Waals surface area (Å²) in [5, 5.41) is 9.10. The molecule has 2 heterocycles. The second-order valence-electron chi connectivity index (χ2n) is 6.57. The molecule has 0 amide bonds. The molecule has 2 aromatic carbocycles. The Morgan fingerprint density at radius 1 is 1.03 bits per heavy atom. The van der Waals surface area contributed by atoms with Crippen LogP contribution in [0, 0.1) is 0 Å². The Labute approximate surface area is 172 Å². The zero-order valence-electron chi connectivity index (χ0n) is 16.5. The Hall–Kier alpha value is -3.81. The summed E-state index contributed by atoms with van der Waals surface area (Å²) in [6, 6.07) is 16.0. The lowest BCUT2D eigenvalue weighted by atomic mass is 10.2. The van der Waals surface area contributed by atoms with Gasteiger partial charge in [-0.15, -0.1) is 5.10 Å². The largest absolute Gasteiger partial charge is 0.493 e. The lowest BCUT2D eigenvalue weighted by Gasteiger charge is -2.08. The van der Waals surface area contributed by atoms with Crippen LogP contribution in [0.1, 0.15) is 12.1 Å². The normalized spacial score (nSPS) is 10.8. The molecule has 154 valence electrons. The molecule has 0 spiro atoms. The first kappa shape index (κ1) is 19.5. The monoisotopic (exact) mass is 407 g/mol. The van der Waals surface area contributed by atoms with Crippen LogP contribution in [-0.4, -0.2) is 28.7 Å². The molecule has 0 aliphatic carbocycles. The van der Waals surface area contributed by atoms with E-state index in [9.17, 15) is 4.79 Å². The fraction of sp³-hybridized carbons (Fsp3) is 0.227. The molecule has 30 heavy (non-hydrogen) atoms. The van der Waals surface area contributed by atoms with Gasteiger partial charge in [0.2, 0.25) is 0 Å². The molecule has 2 aromatic heterocycles. The van der Waals surface area contributed by atoms with E-state index < -0.39 is 0 Å². The Bertz CT molecular complexity index is 1180. The highest BCUT2D eigenvalue weighted by molar-refractivity contribution is 5.77. The standard InChI is InChI=1S/C22H21N3O5/c1-27-19-5-2-3-6-20(19)29-15-17-14-25(24-23-17)11-4-12-28-18-9-7-16-8-10-22(26)30-21(16)13-18/h2-3,5-10,13-14H,4,11-12,15H2,1H3. The topological polar surface area (TPSA) is 88.6 Å². The predicted octanol–water partition coefficient (Wildman–Crippen LogP) is 3.44. The maximum absolute atomic E-state index is 11.3. The molecule has 0 radical (unpaired) electrons. The van der Waals surface area contributed by atoms with Crippen LogP contribution in [0.4, 0.5) is 0 Å². The van der Waals surface area contributed by atoms with Crippen LogP contribution < -0.4 is 19.8 Å². The van der Waals surface area contributed by atoms with Crippen LogP contribution in [0.2, 0.25) is 0 Å². The third-order valence-corrected chi connectivity index (χ3v) is 4.43. The van der Waals surface area contributed by atoms with Gasteiger partial charge in [0, 0.05) is 30.5 Å². The van der Waals surface area contributed by atoms with E-state index in [0.29, 0.717) is 42.6 Å². The number of ether oxygens (including phenoxy) is 3. The van der Waals surface area contributed by atoms with Crippen molar-refractivity contribution in [3.05, 3.63) is 76.9 Å². The number of aromatic nitrogens is 3. The Balaban J connectivity index is 1.25. The second kappa shape index (κ2) is 9.13. The van der Waals surface area contributed by atoms with Gasteiger partial charge in [0.05, 0.1) is 19.9 Å². The maximum atomic E-state index is 11.3. The SMILES string of the molecule is COc1ccccc1OCc1cn(CCCOc2ccc3ccc(=O)oc3c2)nn1. The van der Waals surface area contributed by atoms with Gasteiger partial charge in [-0.05, 0) is 30.3 Å². The van der Waals surface area contributed by atoms with E-state index in [1.807, 2.05) is 42.6 Å². The minimum atomic E-state index is -0.378. The first-order valence-corrected chi connectivity index (χ1v) is 9.53. The quantitative estimate of drug-likeness (QED) is 0.310. The van der Waals surface area contributed by atoms with Crippen LogP contribution in [-0.2, 0) is 13.2 Å². The summed E-state index contributed by atoms with van der Waals surface area (Å²) >= 11 is 0. The van der Waals surface area contributed by atoms with Crippen molar-refractivity contribution in [2.45, 2.75) is 19.6 Å². The lowest BCUT2D eigenvalue weighted by molar-refractivity contribution is 0.280. The highest BCUT2D eigenvalue weighted by Gasteiger charge is 2.06. The van der Waals surface area contributed by atoms with Gasteiger partial charge in [-0.1, -0.05) is 17.3 Å². The summed E-state index contributed by atoms with van der Waals surface area (Å²) in [5.74, 6) is 1.99. The molecule has 0 unspecified atom stereocenters. The molecule has 0 aliphatic rings. The third kappa shape index (κ3) is 4.78. The van der Waals surface area contributed by atoms with Crippen LogP contribution in [0.5, 0.6) is 17.2 Å². The average molecular weight is 407 g/mol. The smallest absolute Gasteiger partial charge is 0.336 e. The molecular formula is C22H21N3O5. The first-order valence-electron chi connectivity index (χ1n) is 9.53. The Morgan fingerprint density at radius 2 is 1.87 bits per heavy atom. The van der Waals surface area contributed by atoms with Gasteiger partial charge in [-0.25, -0.2) is 4.79 Å². The van der Waals surface area contributed by atoms with E-state index in [1.54, 1.807) is 23.9 Å². The summed E-state index contributed by atoms with van der Waals surface area (Å²) in [7, 11) is 1.61. The van der Waals surface area contributed by atoms with Crippen molar-refractivity contribution in [2.24, 2.45) is 0 Å². The molecule has 0 N–H and O–H groups in total. The molecule has 0 saturated carbocycles. The number of benzene rings is 2. The summed E-state index contributed by atoms with van der Waals surface area (Å²) < 4.78 is 23.7. The van der Waals surface area contributed by atoms with Crippen LogP contribution in [0.25, 0.3) is 11.0 Å². The Morgan fingerprint density at radius 3 is 2.73 bits per heavy atom. The molecular weight excluding hydrogens is 386 g/mol. The van der Waals surface area contributed by atoms with Crippen molar-refractivity contribution in [1.29, 1.82) is 0 Å². The van der Waals surface area contributed by atoms with E-state index in [4.69, 9.17) is 18.6 Å². The van der Waals surface area contributed by atoms with Crippen LogP contribution in [0.3, 0.4) is 0 Å². The molecule has 0 fully saturated rings. The molecule has 0 saturated heterocycles. The summed E-state index contributed by atoms with van der Waals surface area (Å²) in [5.41, 5.74) is 0.860. The molecule has 0 bridgehead atoms. The minimum Gasteiger partial charge on any atom is -0.493 e. The van der Waals surface area contributed by atoms with E-state index in [-0.39, 0.29) is 5.63 Å². The van der Waals surface area contributed by atoms with E-state index in [1.165, 1.54) is 6.07 Å². The van der Waals surface area contributed by atoms with Crippen molar-refractivity contribution >= 4 is 11.0 Å². The van der Waals surface area contributed by atoms with Crippen LogP contribution in [0.15, 0.2) is 70.0 Å². The lowest BCUT2D eigenvalue weighted by Crippen LogP contribution is -2.05. The number of hydrogen-bond donors (Lipinski definition) is 0. The van der Waals surface area contributed by atoms with E-state index in [2.05, 4.69) is 10.3 Å². The second-order valence-corrected chi connectivity index (χ2v) is 6.57. The van der Waals surface area contributed by atoms with Gasteiger partial charge >= 0.3 is 5.63 Å². The molecule has 0 atom stereocenters. The molecule has 0 aliphatic heterocycles. The van der Waals surface area contributed by atoms with Crippen molar-refractivity contribution < 1.29 is 18.6 Å². The number of para-hydroxylation sites is 2. The van der Waals surface area contributed by atoms with Crippen molar-refractivity contribution in [3.63, 3.8) is 0 Å². The fourth-order valence-corrected chi connectivity index (χ4v) is 2.95. The number of nitrogens with zero attached hydrogens (tertiary/aromatic N) is 3. The van der Waals surface area contributed by atoms with Gasteiger partial charge < -0.3 is 18.6 Å². The fourth-order valence-electron chi connectivity index (χ4n) is 2.95. The van der Waals surface area contributed by atoms with Crippen molar-refractivity contribution in [1.82, 2.24) is 15.0 Å². The summed E-state index contributed by atoms with van der Waals surface area (Å²) in [4.78, 5) is 11.3. The van der Waals surface area contributed by atoms with E-state index in [0.717, 1.165) is 17.5 Å². The zero-order chi connectivity index (χ0) is 20.8. The third-order valence-electron chi connectivity index (χ3n) is 4.43. The zero-order valence-corrected chi connectivity index (χ0v) is 16.5. The van der Waals surface area contributed by atoms with E-state index >= 15 is 0 Å². The number of methoxy groups -OCH3 is 1. The van der Waals surface area contributed by atoms with Crippen molar-refractivity contribution in [2.75, 3.05) is 13.7 Å². The molecule has 4 aromatic rings. The van der Waals surface area contributed by atoms with Gasteiger partial charge in [-0.2, -0.15) is 0 Å². The number of fused-ring (bicyclic) bond motifs is 1. The van der Waals surface area contributed by atoms with Gasteiger partial charge in [0.25, 0.3) is 0 Å². The maximum Gasteiger partial charge on any atom is 0.336 e. The summed E-state index contributed by atoms with van der Waals surface area (Å²) in [6.07, 6.45) is 2.59. The first-order chi connectivity index (χ1) is 14.7. The highest BCUT2D eigenvalue weighted by Crippen LogP contribution is 2.26. The highest BCUT2D eigenvalue weighted by atomic mass is 16.5. The average Bonchev–Trinajstić information content (AvgIpc) is 3.23. The summed E-state index contributed by atoms with van der Waals surface area (Å²) in [6.45, 7) is 1.46. The van der Waals surface area contributed by atoms with Gasteiger partial charge in [-0.3, -0.25) is 4.68 Å². The van der Waals surface area contributed by atoms with Gasteiger partial charge in [0.1, 0.15) is 23.6 Å².